The fourth-order valence-corrected chi connectivity index (χ4v) is 5.41. The molecule has 11 heteroatoms. The molecule has 210 valence electrons. The van der Waals surface area contributed by atoms with E-state index < -0.39 is 11.7 Å². The highest BCUT2D eigenvalue weighted by Gasteiger charge is 2.41. The maximum Gasteiger partial charge on any atom is 0.422 e. The van der Waals surface area contributed by atoms with E-state index in [1.165, 1.54) is 17.8 Å². The standard InChI is InChI=1S/C29H31F3N5OPS/c1-19(18-40-20(2)22-12-13-34-35-16-22)28(39)36-24-10-11-25(38-23-8-4-3-5-9-23)26(29(30,31)32)27(24)37-14-6-7-21(15-33)17-37/h3-5,8-13,16,18,21H,2,6-7,14-15,17,33,39H2,1H3/b19-18+,36-28?/t21-/m0/s1. The van der Waals surface area contributed by atoms with E-state index in [2.05, 4.69) is 31.0 Å². The fourth-order valence-electron chi connectivity index (χ4n) is 4.37. The summed E-state index contributed by atoms with van der Waals surface area (Å²) in [6.45, 7) is 7.19. The Morgan fingerprint density at radius 3 is 2.67 bits per heavy atom. The summed E-state index contributed by atoms with van der Waals surface area (Å²) >= 11 is 1.38. The highest BCUT2D eigenvalue weighted by atomic mass is 32.2. The van der Waals surface area contributed by atoms with Crippen molar-refractivity contribution in [1.29, 1.82) is 0 Å². The van der Waals surface area contributed by atoms with Gasteiger partial charge in [0, 0.05) is 23.6 Å². The Bertz CT molecular complexity index is 1380. The molecule has 3 aromatic rings. The van der Waals surface area contributed by atoms with Crippen molar-refractivity contribution in [2.24, 2.45) is 16.6 Å². The molecule has 1 fully saturated rings. The number of piperidine rings is 1. The molecule has 0 bridgehead atoms. The number of anilines is 1. The van der Waals surface area contributed by atoms with E-state index in [9.17, 15) is 13.2 Å². The lowest BCUT2D eigenvalue weighted by Crippen LogP contribution is -2.39. The van der Waals surface area contributed by atoms with E-state index in [0.717, 1.165) is 28.9 Å². The number of alkyl halides is 3. The van der Waals surface area contributed by atoms with E-state index in [-0.39, 0.29) is 23.0 Å². The van der Waals surface area contributed by atoms with Crippen LogP contribution < -0.4 is 15.4 Å². The molecule has 2 N–H and O–H groups in total. The van der Waals surface area contributed by atoms with E-state index in [4.69, 9.17) is 10.5 Å². The first-order chi connectivity index (χ1) is 19.2. The van der Waals surface area contributed by atoms with Gasteiger partial charge >= 0.3 is 6.18 Å². The van der Waals surface area contributed by atoms with Gasteiger partial charge in [0.15, 0.2) is 0 Å². The van der Waals surface area contributed by atoms with Crippen LogP contribution in [0, 0.1) is 5.92 Å². The molecule has 1 aliphatic heterocycles. The number of para-hydroxylation sites is 1. The van der Waals surface area contributed by atoms with Crippen molar-refractivity contribution in [2.75, 3.05) is 24.5 Å². The lowest BCUT2D eigenvalue weighted by molar-refractivity contribution is -0.138. The van der Waals surface area contributed by atoms with Crippen molar-refractivity contribution in [3.63, 3.8) is 0 Å². The number of nitrogens with zero attached hydrogens (tertiary/aromatic N) is 4. The molecule has 6 nitrogen and oxygen atoms in total. The van der Waals surface area contributed by atoms with Crippen LogP contribution in [0.4, 0.5) is 24.5 Å². The summed E-state index contributed by atoms with van der Waals surface area (Å²) in [7, 11) is 2.54. The van der Waals surface area contributed by atoms with E-state index in [0.29, 0.717) is 30.8 Å². The van der Waals surface area contributed by atoms with E-state index in [1.807, 2.05) is 12.3 Å². The van der Waals surface area contributed by atoms with E-state index >= 15 is 0 Å². The molecule has 0 aliphatic carbocycles. The van der Waals surface area contributed by atoms with Gasteiger partial charge in [-0.1, -0.05) is 45.8 Å². The molecule has 0 amide bonds. The number of hydrogen-bond donors (Lipinski definition) is 1. The SMILES string of the molecule is C=C(S/C=C(\C)C(P)=Nc1ccc(Oc2ccccc2)c(C(F)(F)F)c1N1CCC[C@@H](CN)C1)c1ccnnc1. The van der Waals surface area contributed by atoms with E-state index in [1.54, 1.807) is 59.8 Å². The molecule has 2 atom stereocenters. The summed E-state index contributed by atoms with van der Waals surface area (Å²) in [5.41, 5.74) is 7.41. The van der Waals surface area contributed by atoms with Crippen molar-refractivity contribution >= 4 is 42.7 Å². The smallest absolute Gasteiger partial charge is 0.422 e. The third kappa shape index (κ3) is 7.50. The van der Waals surface area contributed by atoms with Gasteiger partial charge in [0.2, 0.25) is 0 Å². The summed E-state index contributed by atoms with van der Waals surface area (Å²) in [4.78, 5) is 7.19. The first-order valence-corrected chi connectivity index (χ1v) is 14.2. The normalized spacial score (nSPS) is 16.6. The number of aliphatic imine (C=N–C) groups is 1. The maximum atomic E-state index is 14.8. The highest BCUT2D eigenvalue weighted by Crippen LogP contribution is 2.49. The molecule has 4 rings (SSSR count). The highest BCUT2D eigenvalue weighted by molar-refractivity contribution is 8.10. The van der Waals surface area contributed by atoms with Crippen LogP contribution in [0.2, 0.25) is 0 Å². The summed E-state index contributed by atoms with van der Waals surface area (Å²) in [5.74, 6) is 0.145. The molecule has 0 saturated carbocycles. The molecule has 1 aromatic heterocycles. The molecule has 2 heterocycles. The Balaban J connectivity index is 1.76. The molecule has 1 saturated heterocycles. The topological polar surface area (TPSA) is 76.6 Å². The lowest BCUT2D eigenvalue weighted by atomic mass is 9.96. The Morgan fingerprint density at radius 1 is 1.23 bits per heavy atom. The predicted molar refractivity (Wildman–Crippen MR) is 161 cm³/mol. The van der Waals surface area contributed by atoms with Gasteiger partial charge in [0.25, 0.3) is 0 Å². The Hall–Kier alpha value is -3.20. The Labute approximate surface area is 238 Å². The molecular formula is C29H31F3N5OPS. The second kappa shape index (κ2) is 13.4. The number of benzene rings is 2. The second-order valence-electron chi connectivity index (χ2n) is 9.38. The zero-order valence-corrected chi connectivity index (χ0v) is 24.0. The summed E-state index contributed by atoms with van der Waals surface area (Å²) in [6, 6.07) is 13.2. The Morgan fingerprint density at radius 2 is 2.00 bits per heavy atom. The third-order valence-electron chi connectivity index (χ3n) is 6.47. The Kier molecular flexibility index (Phi) is 10.0. The number of thioether (sulfide) groups is 1. The van der Waals surface area contributed by atoms with Crippen LogP contribution in [0.1, 0.15) is 30.9 Å². The van der Waals surface area contributed by atoms with Gasteiger partial charge < -0.3 is 15.4 Å². The van der Waals surface area contributed by atoms with Crippen molar-refractivity contribution in [3.05, 3.63) is 89.6 Å². The average molecular weight is 586 g/mol. The zero-order valence-electron chi connectivity index (χ0n) is 22.1. The number of rotatable bonds is 9. The van der Waals surface area contributed by atoms with Crippen molar-refractivity contribution in [1.82, 2.24) is 10.2 Å². The molecular weight excluding hydrogens is 554 g/mol. The van der Waals surface area contributed by atoms with Gasteiger partial charge in [-0.25, -0.2) is 4.99 Å². The van der Waals surface area contributed by atoms with Gasteiger partial charge in [-0.2, -0.15) is 23.4 Å². The van der Waals surface area contributed by atoms with Crippen molar-refractivity contribution in [2.45, 2.75) is 25.9 Å². The first-order valence-electron chi connectivity index (χ1n) is 12.7. The number of aromatic nitrogens is 2. The first kappa shape index (κ1) is 29.8. The lowest BCUT2D eigenvalue weighted by Gasteiger charge is -2.36. The van der Waals surface area contributed by atoms with Crippen molar-refractivity contribution in [3.8, 4) is 11.5 Å². The second-order valence-corrected chi connectivity index (χ2v) is 10.9. The quantitative estimate of drug-likeness (QED) is 0.205. The molecule has 0 radical (unpaired) electrons. The van der Waals surface area contributed by atoms with Crippen LogP contribution in [0.3, 0.4) is 0 Å². The molecule has 0 spiro atoms. The van der Waals surface area contributed by atoms with Crippen LogP contribution in [0.15, 0.2) is 83.5 Å². The molecule has 2 aromatic carbocycles. The average Bonchev–Trinajstić information content (AvgIpc) is 2.96. The number of halogens is 3. The van der Waals surface area contributed by atoms with Crippen LogP contribution in [-0.2, 0) is 6.18 Å². The molecule has 1 aliphatic rings. The van der Waals surface area contributed by atoms with Crippen molar-refractivity contribution < 1.29 is 17.9 Å². The van der Waals surface area contributed by atoms with Crippen LogP contribution >= 0.6 is 21.0 Å². The van der Waals surface area contributed by atoms with Gasteiger partial charge in [0.05, 0.1) is 29.2 Å². The van der Waals surface area contributed by atoms with Gasteiger partial charge in [-0.3, -0.25) is 0 Å². The van der Waals surface area contributed by atoms with Gasteiger partial charge in [-0.15, -0.1) is 0 Å². The minimum atomic E-state index is -4.68. The minimum Gasteiger partial charge on any atom is -0.457 e. The third-order valence-corrected chi connectivity index (χ3v) is 8.05. The molecule has 40 heavy (non-hydrogen) atoms. The van der Waals surface area contributed by atoms with Crippen LogP contribution in [-0.4, -0.2) is 35.3 Å². The fraction of sp³-hybridized carbons (Fsp3) is 0.276. The monoisotopic (exact) mass is 585 g/mol. The number of nitrogens with two attached hydrogens (primary N) is 1. The molecule has 1 unspecified atom stereocenters. The number of ether oxygens (including phenoxy) is 1. The summed E-state index contributed by atoms with van der Waals surface area (Å²) in [6.07, 6.45) is 0.129. The summed E-state index contributed by atoms with van der Waals surface area (Å²) < 4.78 is 50.1. The predicted octanol–water partition coefficient (Wildman–Crippen LogP) is 7.68. The maximum absolute atomic E-state index is 14.8. The minimum absolute atomic E-state index is 0.00625. The summed E-state index contributed by atoms with van der Waals surface area (Å²) in [5, 5.41) is 9.49. The number of allylic oxidation sites excluding steroid dienone is 1. The van der Waals surface area contributed by atoms with Gasteiger partial charge in [-0.05, 0) is 73.5 Å². The van der Waals surface area contributed by atoms with Crippen LogP contribution in [0.25, 0.3) is 4.91 Å². The number of hydrogen-bond acceptors (Lipinski definition) is 7. The van der Waals surface area contributed by atoms with Crippen LogP contribution in [0.5, 0.6) is 11.5 Å². The largest absolute Gasteiger partial charge is 0.457 e. The van der Waals surface area contributed by atoms with Gasteiger partial charge in [0.1, 0.15) is 17.1 Å². The zero-order chi connectivity index (χ0) is 28.7.